The van der Waals surface area contributed by atoms with E-state index in [-0.39, 0.29) is 0 Å². The van der Waals surface area contributed by atoms with Gasteiger partial charge in [0.2, 0.25) is 11.8 Å². The topological polar surface area (TPSA) is 47.0 Å². The van der Waals surface area contributed by atoms with Gasteiger partial charge in [-0.05, 0) is 22.0 Å². The van der Waals surface area contributed by atoms with Crippen LogP contribution >= 0.6 is 39.1 Å². The van der Waals surface area contributed by atoms with Gasteiger partial charge in [0.25, 0.3) is 0 Å². The fraction of sp³-hybridized carbons (Fsp3) is 0.0909. The van der Waals surface area contributed by atoms with Crippen LogP contribution in [0.4, 0.5) is 5.95 Å². The molecule has 1 aromatic carbocycles. The van der Waals surface area contributed by atoms with E-state index in [1.807, 2.05) is 0 Å². The number of nitrogens with one attached hydrogen (secondary N) is 1. The highest BCUT2D eigenvalue weighted by molar-refractivity contribution is 9.10. The number of nitrogens with zero attached hydrogens (tertiary/aromatic N) is 2. The molecule has 0 aliphatic rings. The highest BCUT2D eigenvalue weighted by atomic mass is 79.9. The molecule has 1 N–H and O–H groups in total. The van der Waals surface area contributed by atoms with Crippen LogP contribution in [0.25, 0.3) is 0 Å². The summed E-state index contributed by atoms with van der Waals surface area (Å²) < 4.78 is 6.27. The van der Waals surface area contributed by atoms with E-state index in [2.05, 4.69) is 31.2 Å². The molecular formula is C11H8BrCl2N3O. The summed E-state index contributed by atoms with van der Waals surface area (Å²) in [6.45, 7) is 0. The van der Waals surface area contributed by atoms with Gasteiger partial charge in [-0.1, -0.05) is 23.2 Å². The van der Waals surface area contributed by atoms with Gasteiger partial charge in [0.1, 0.15) is 5.75 Å². The molecule has 0 amide bonds. The van der Waals surface area contributed by atoms with Crippen molar-refractivity contribution in [2.45, 2.75) is 0 Å². The standard InChI is InChI=1S/C11H8BrCl2N3O/c1-15-11-16-3-2-10(17-11)18-9-5-7(13)6(12)4-8(9)14/h2-5H,1H3,(H,15,16,17). The zero-order chi connectivity index (χ0) is 13.1. The maximum absolute atomic E-state index is 6.05. The lowest BCUT2D eigenvalue weighted by Crippen LogP contribution is -1.97. The first-order valence-corrected chi connectivity index (χ1v) is 6.48. The van der Waals surface area contributed by atoms with Crippen molar-refractivity contribution in [3.63, 3.8) is 0 Å². The first-order chi connectivity index (χ1) is 8.60. The average Bonchev–Trinajstić information content (AvgIpc) is 2.36. The number of benzene rings is 1. The number of halogens is 3. The van der Waals surface area contributed by atoms with Crippen molar-refractivity contribution in [2.75, 3.05) is 12.4 Å². The normalized spacial score (nSPS) is 10.2. The Morgan fingerprint density at radius 3 is 2.78 bits per heavy atom. The van der Waals surface area contributed by atoms with E-state index in [0.29, 0.717) is 32.1 Å². The first-order valence-electron chi connectivity index (χ1n) is 4.93. The molecule has 0 saturated carbocycles. The van der Waals surface area contributed by atoms with Crippen LogP contribution in [-0.4, -0.2) is 17.0 Å². The lowest BCUT2D eigenvalue weighted by atomic mass is 10.3. The highest BCUT2D eigenvalue weighted by Gasteiger charge is 2.09. The predicted octanol–water partition coefficient (Wildman–Crippen LogP) is 4.38. The summed E-state index contributed by atoms with van der Waals surface area (Å²) in [6.07, 6.45) is 1.59. The second kappa shape index (κ2) is 5.73. The van der Waals surface area contributed by atoms with Crippen LogP contribution in [-0.2, 0) is 0 Å². The van der Waals surface area contributed by atoms with Gasteiger partial charge in [-0.3, -0.25) is 0 Å². The Morgan fingerprint density at radius 2 is 2.06 bits per heavy atom. The van der Waals surface area contributed by atoms with Crippen molar-refractivity contribution in [1.82, 2.24) is 9.97 Å². The molecule has 0 fully saturated rings. The molecule has 0 aliphatic heterocycles. The maximum atomic E-state index is 6.05. The molecule has 2 aromatic rings. The molecule has 2 rings (SSSR count). The molecule has 1 heterocycles. The van der Waals surface area contributed by atoms with Gasteiger partial charge in [0.05, 0.1) is 10.0 Å². The van der Waals surface area contributed by atoms with Crippen molar-refractivity contribution in [1.29, 1.82) is 0 Å². The minimum Gasteiger partial charge on any atom is -0.437 e. The summed E-state index contributed by atoms with van der Waals surface area (Å²) >= 11 is 15.3. The summed E-state index contributed by atoms with van der Waals surface area (Å²) in [6, 6.07) is 4.92. The van der Waals surface area contributed by atoms with Gasteiger partial charge in [0.15, 0.2) is 0 Å². The van der Waals surface area contributed by atoms with Crippen LogP contribution < -0.4 is 10.1 Å². The third-order valence-corrected chi connectivity index (χ3v) is 3.54. The zero-order valence-corrected chi connectivity index (χ0v) is 12.3. The smallest absolute Gasteiger partial charge is 0.225 e. The second-order valence-electron chi connectivity index (χ2n) is 3.27. The lowest BCUT2D eigenvalue weighted by molar-refractivity contribution is 0.462. The number of hydrogen-bond donors (Lipinski definition) is 1. The van der Waals surface area contributed by atoms with E-state index in [1.54, 1.807) is 31.4 Å². The molecule has 1 aromatic heterocycles. The molecule has 94 valence electrons. The molecule has 0 aliphatic carbocycles. The molecule has 0 bridgehead atoms. The Hall–Kier alpha value is -1.04. The Morgan fingerprint density at radius 1 is 1.28 bits per heavy atom. The molecule has 0 atom stereocenters. The predicted molar refractivity (Wildman–Crippen MR) is 75.8 cm³/mol. The third kappa shape index (κ3) is 3.04. The first kappa shape index (κ1) is 13.4. The number of hydrogen-bond acceptors (Lipinski definition) is 4. The zero-order valence-electron chi connectivity index (χ0n) is 9.25. The summed E-state index contributed by atoms with van der Waals surface area (Å²) in [5.41, 5.74) is 0. The fourth-order valence-electron chi connectivity index (χ4n) is 1.21. The van der Waals surface area contributed by atoms with Crippen molar-refractivity contribution in [3.8, 4) is 11.6 Å². The summed E-state index contributed by atoms with van der Waals surface area (Å²) in [5, 5.41) is 3.77. The van der Waals surface area contributed by atoms with Crippen LogP contribution in [0.2, 0.25) is 10.0 Å². The second-order valence-corrected chi connectivity index (χ2v) is 4.94. The molecular weight excluding hydrogens is 341 g/mol. The number of rotatable bonds is 3. The van der Waals surface area contributed by atoms with E-state index >= 15 is 0 Å². The monoisotopic (exact) mass is 347 g/mol. The van der Waals surface area contributed by atoms with Crippen LogP contribution in [0.3, 0.4) is 0 Å². The number of ether oxygens (including phenoxy) is 1. The van der Waals surface area contributed by atoms with Crippen LogP contribution in [0.1, 0.15) is 0 Å². The summed E-state index contributed by atoms with van der Waals surface area (Å²) in [7, 11) is 1.72. The van der Waals surface area contributed by atoms with E-state index in [1.165, 1.54) is 0 Å². The molecule has 7 heteroatoms. The fourth-order valence-corrected chi connectivity index (χ4v) is 2.05. The van der Waals surface area contributed by atoms with E-state index in [4.69, 9.17) is 27.9 Å². The minimum absolute atomic E-state index is 0.384. The Labute approximate surface area is 122 Å². The van der Waals surface area contributed by atoms with Gasteiger partial charge in [-0.2, -0.15) is 4.98 Å². The highest BCUT2D eigenvalue weighted by Crippen LogP contribution is 2.36. The molecule has 4 nitrogen and oxygen atoms in total. The van der Waals surface area contributed by atoms with Gasteiger partial charge < -0.3 is 10.1 Å². The van der Waals surface area contributed by atoms with E-state index in [0.717, 1.165) is 0 Å². The molecule has 0 unspecified atom stereocenters. The molecule has 18 heavy (non-hydrogen) atoms. The van der Waals surface area contributed by atoms with Gasteiger partial charge in [-0.25, -0.2) is 4.98 Å². The number of aromatic nitrogens is 2. The Bertz CT molecular complexity index is 580. The van der Waals surface area contributed by atoms with Crippen LogP contribution in [0.5, 0.6) is 11.6 Å². The summed E-state index contributed by atoms with van der Waals surface area (Å²) in [5.74, 6) is 1.28. The quantitative estimate of drug-likeness (QED) is 0.836. The maximum Gasteiger partial charge on any atom is 0.225 e. The molecule has 0 spiro atoms. The Kier molecular flexibility index (Phi) is 4.27. The SMILES string of the molecule is CNc1nccc(Oc2cc(Cl)c(Br)cc2Cl)n1. The average molecular weight is 349 g/mol. The Balaban J connectivity index is 2.30. The van der Waals surface area contributed by atoms with Crippen LogP contribution in [0.15, 0.2) is 28.9 Å². The minimum atomic E-state index is 0.384. The number of anilines is 1. The molecule has 0 saturated heterocycles. The third-order valence-electron chi connectivity index (χ3n) is 2.04. The van der Waals surface area contributed by atoms with Gasteiger partial charge in [0, 0.05) is 29.8 Å². The van der Waals surface area contributed by atoms with Crippen molar-refractivity contribution < 1.29 is 4.74 Å². The van der Waals surface area contributed by atoms with Gasteiger partial charge >= 0.3 is 0 Å². The molecule has 0 radical (unpaired) electrons. The van der Waals surface area contributed by atoms with Crippen molar-refractivity contribution in [2.24, 2.45) is 0 Å². The van der Waals surface area contributed by atoms with Gasteiger partial charge in [-0.15, -0.1) is 0 Å². The van der Waals surface area contributed by atoms with E-state index in [9.17, 15) is 0 Å². The summed E-state index contributed by atoms with van der Waals surface area (Å²) in [4.78, 5) is 8.11. The van der Waals surface area contributed by atoms with Crippen molar-refractivity contribution in [3.05, 3.63) is 38.9 Å². The van der Waals surface area contributed by atoms with Crippen molar-refractivity contribution >= 4 is 45.1 Å². The van der Waals surface area contributed by atoms with Crippen LogP contribution in [0, 0.1) is 0 Å². The van der Waals surface area contributed by atoms with E-state index < -0.39 is 0 Å². The largest absolute Gasteiger partial charge is 0.437 e. The lowest BCUT2D eigenvalue weighted by Gasteiger charge is -2.08.